The summed E-state index contributed by atoms with van der Waals surface area (Å²) in [6.45, 7) is 5.21. The van der Waals surface area contributed by atoms with E-state index in [1.54, 1.807) is 32.9 Å². The number of ether oxygens (including phenoxy) is 1. The number of aryl methyl sites for hydroxylation is 1. The molecule has 27 heavy (non-hydrogen) atoms. The average Bonchev–Trinajstić information content (AvgIpc) is 2.92. The predicted molar refractivity (Wildman–Crippen MR) is 101 cm³/mol. The number of nitro groups is 1. The van der Waals surface area contributed by atoms with Crippen LogP contribution in [0, 0.1) is 17.0 Å². The van der Waals surface area contributed by atoms with Crippen molar-refractivity contribution < 1.29 is 14.5 Å². The Morgan fingerprint density at radius 2 is 2.00 bits per heavy atom. The van der Waals surface area contributed by atoms with E-state index < -0.39 is 10.9 Å². The van der Waals surface area contributed by atoms with Gasteiger partial charge in [-0.05, 0) is 31.9 Å². The van der Waals surface area contributed by atoms with Gasteiger partial charge >= 0.3 is 5.97 Å². The average molecular weight is 387 g/mol. The Labute approximate surface area is 158 Å². The first-order chi connectivity index (χ1) is 12.8. The summed E-state index contributed by atoms with van der Waals surface area (Å²) in [6, 6.07) is 6.05. The van der Waals surface area contributed by atoms with Gasteiger partial charge in [0, 0.05) is 18.6 Å². The maximum Gasteiger partial charge on any atom is 0.348 e. The number of rotatable bonds is 5. The van der Waals surface area contributed by atoms with Crippen molar-refractivity contribution in [3.63, 3.8) is 0 Å². The topological polar surface area (TPSA) is 115 Å². The van der Waals surface area contributed by atoms with Crippen molar-refractivity contribution in [1.82, 2.24) is 9.97 Å². The molecular formula is C18H17N3O5S. The van der Waals surface area contributed by atoms with Gasteiger partial charge in [-0.25, -0.2) is 9.78 Å². The van der Waals surface area contributed by atoms with E-state index in [0.717, 1.165) is 16.9 Å². The summed E-state index contributed by atoms with van der Waals surface area (Å²) < 4.78 is 5.22. The fraction of sp³-hybridized carbons (Fsp3) is 0.278. The summed E-state index contributed by atoms with van der Waals surface area (Å²) in [5, 5.41) is 11.1. The number of nitro benzene ring substituents is 1. The summed E-state index contributed by atoms with van der Waals surface area (Å²) in [4.78, 5) is 43.0. The highest BCUT2D eigenvalue weighted by Crippen LogP contribution is 2.28. The second kappa shape index (κ2) is 7.28. The second-order valence-corrected chi connectivity index (χ2v) is 7.30. The van der Waals surface area contributed by atoms with Gasteiger partial charge in [0.1, 0.15) is 15.5 Å². The number of carbonyl (C=O) groups is 1. The maximum atomic E-state index is 12.5. The molecule has 3 aromatic rings. The molecule has 0 aliphatic heterocycles. The minimum Gasteiger partial charge on any atom is -0.459 e. The van der Waals surface area contributed by atoms with Crippen LogP contribution in [0.15, 0.2) is 29.1 Å². The van der Waals surface area contributed by atoms with Crippen molar-refractivity contribution in [2.75, 3.05) is 0 Å². The van der Waals surface area contributed by atoms with Gasteiger partial charge in [0.2, 0.25) is 0 Å². The van der Waals surface area contributed by atoms with E-state index >= 15 is 0 Å². The van der Waals surface area contributed by atoms with Crippen LogP contribution >= 0.6 is 11.3 Å². The van der Waals surface area contributed by atoms with Crippen LogP contribution in [0.5, 0.6) is 0 Å². The van der Waals surface area contributed by atoms with Crippen LogP contribution < -0.4 is 5.56 Å². The monoisotopic (exact) mass is 387 g/mol. The lowest BCUT2D eigenvalue weighted by atomic mass is 10.1. The van der Waals surface area contributed by atoms with Gasteiger partial charge in [-0.1, -0.05) is 12.1 Å². The fourth-order valence-corrected chi connectivity index (χ4v) is 3.75. The highest BCUT2D eigenvalue weighted by atomic mass is 32.1. The molecule has 9 heteroatoms. The van der Waals surface area contributed by atoms with Gasteiger partial charge in [-0.3, -0.25) is 14.9 Å². The van der Waals surface area contributed by atoms with Gasteiger partial charge in [0.15, 0.2) is 0 Å². The SMILES string of the molecule is Cc1c(C(=O)OC(C)C)sc2nc(Cc3ccc([N+](=O)[O-])cc3)[nH]c(=O)c12. The van der Waals surface area contributed by atoms with E-state index in [0.29, 0.717) is 32.9 Å². The van der Waals surface area contributed by atoms with E-state index in [1.165, 1.54) is 12.1 Å². The number of aromatic amines is 1. The predicted octanol–water partition coefficient (Wildman–Crippen LogP) is 3.36. The molecule has 0 atom stereocenters. The third-order valence-corrected chi connectivity index (χ3v) is 5.06. The van der Waals surface area contributed by atoms with Crippen LogP contribution in [0.3, 0.4) is 0 Å². The third kappa shape index (κ3) is 3.87. The lowest BCUT2D eigenvalue weighted by molar-refractivity contribution is -0.384. The lowest BCUT2D eigenvalue weighted by Crippen LogP contribution is -2.13. The Morgan fingerprint density at radius 3 is 2.59 bits per heavy atom. The van der Waals surface area contributed by atoms with E-state index in [2.05, 4.69) is 9.97 Å². The molecule has 2 aromatic heterocycles. The van der Waals surface area contributed by atoms with Crippen molar-refractivity contribution in [1.29, 1.82) is 0 Å². The van der Waals surface area contributed by atoms with E-state index in [-0.39, 0.29) is 17.4 Å². The highest BCUT2D eigenvalue weighted by molar-refractivity contribution is 7.20. The zero-order valence-corrected chi connectivity index (χ0v) is 15.8. The third-order valence-electron chi connectivity index (χ3n) is 3.90. The Kier molecular flexibility index (Phi) is 5.04. The number of esters is 1. The van der Waals surface area contributed by atoms with Gasteiger partial charge in [0.05, 0.1) is 16.4 Å². The molecule has 1 aromatic carbocycles. The van der Waals surface area contributed by atoms with Crippen LogP contribution in [-0.4, -0.2) is 27.0 Å². The highest BCUT2D eigenvalue weighted by Gasteiger charge is 2.21. The number of non-ortho nitro benzene ring substituents is 1. The van der Waals surface area contributed by atoms with E-state index in [4.69, 9.17) is 4.74 Å². The first-order valence-corrected chi connectivity index (χ1v) is 9.04. The van der Waals surface area contributed by atoms with Crippen LogP contribution in [0.4, 0.5) is 5.69 Å². The van der Waals surface area contributed by atoms with Crippen molar-refractivity contribution in [2.24, 2.45) is 0 Å². The largest absolute Gasteiger partial charge is 0.459 e. The van der Waals surface area contributed by atoms with Crippen molar-refractivity contribution in [3.05, 3.63) is 66.6 Å². The van der Waals surface area contributed by atoms with Crippen LogP contribution in [0.2, 0.25) is 0 Å². The minimum atomic E-state index is -0.471. The van der Waals surface area contributed by atoms with Gasteiger partial charge in [0.25, 0.3) is 11.2 Å². The zero-order valence-electron chi connectivity index (χ0n) is 14.9. The summed E-state index contributed by atoms with van der Waals surface area (Å²) >= 11 is 1.12. The number of hydrogen-bond acceptors (Lipinski definition) is 7. The van der Waals surface area contributed by atoms with Gasteiger partial charge in [-0.2, -0.15) is 0 Å². The van der Waals surface area contributed by atoms with Crippen LogP contribution in [0.25, 0.3) is 10.2 Å². The van der Waals surface area contributed by atoms with Gasteiger partial charge < -0.3 is 9.72 Å². The maximum absolute atomic E-state index is 12.5. The van der Waals surface area contributed by atoms with Crippen LogP contribution in [-0.2, 0) is 11.2 Å². The Hall–Kier alpha value is -3.07. The smallest absolute Gasteiger partial charge is 0.348 e. The molecule has 0 aliphatic carbocycles. The summed E-state index contributed by atoms with van der Waals surface area (Å²) in [6.07, 6.45) is 0.0531. The molecule has 2 heterocycles. The van der Waals surface area contributed by atoms with Crippen LogP contribution in [0.1, 0.15) is 40.5 Å². The van der Waals surface area contributed by atoms with Gasteiger partial charge in [-0.15, -0.1) is 11.3 Å². The molecule has 0 unspecified atom stereocenters. The summed E-state index contributed by atoms with van der Waals surface area (Å²) in [7, 11) is 0. The van der Waals surface area contributed by atoms with Crippen molar-refractivity contribution in [2.45, 2.75) is 33.3 Å². The number of carbonyl (C=O) groups excluding carboxylic acids is 1. The molecular weight excluding hydrogens is 370 g/mol. The molecule has 0 bridgehead atoms. The lowest BCUT2D eigenvalue weighted by Gasteiger charge is -2.06. The Morgan fingerprint density at radius 1 is 1.33 bits per heavy atom. The molecule has 0 spiro atoms. The summed E-state index contributed by atoms with van der Waals surface area (Å²) in [5.41, 5.74) is 0.999. The molecule has 0 amide bonds. The molecule has 0 aliphatic rings. The number of benzene rings is 1. The molecule has 0 saturated heterocycles. The Bertz CT molecular complexity index is 1080. The normalized spacial score (nSPS) is 11.1. The van der Waals surface area contributed by atoms with Crippen molar-refractivity contribution in [3.8, 4) is 0 Å². The fourth-order valence-electron chi connectivity index (χ4n) is 2.66. The molecule has 1 N–H and O–H groups in total. The standard InChI is InChI=1S/C18H17N3O5S/c1-9(2)26-18(23)15-10(3)14-16(22)19-13(20-17(14)27-15)8-11-4-6-12(7-5-11)21(24)25/h4-7,9H,8H2,1-3H3,(H,19,20,22). The second-order valence-electron chi connectivity index (χ2n) is 6.30. The number of aromatic nitrogens is 2. The molecule has 3 rings (SSSR count). The number of nitrogens with zero attached hydrogens (tertiary/aromatic N) is 2. The summed E-state index contributed by atoms with van der Waals surface area (Å²) in [5.74, 6) is -0.0480. The minimum absolute atomic E-state index is 0.00200. The number of hydrogen-bond donors (Lipinski definition) is 1. The van der Waals surface area contributed by atoms with Crippen molar-refractivity contribution >= 4 is 33.2 Å². The number of fused-ring (bicyclic) bond motifs is 1. The zero-order chi connectivity index (χ0) is 19.7. The molecule has 140 valence electrons. The molecule has 8 nitrogen and oxygen atoms in total. The number of thiophene rings is 1. The first-order valence-electron chi connectivity index (χ1n) is 8.23. The quantitative estimate of drug-likeness (QED) is 0.408. The molecule has 0 saturated carbocycles. The van der Waals surface area contributed by atoms with E-state index in [9.17, 15) is 19.7 Å². The van der Waals surface area contributed by atoms with E-state index in [1.807, 2.05) is 0 Å². The molecule has 0 fully saturated rings. The first kappa shape index (κ1) is 18.7. The Balaban J connectivity index is 1.95. The number of H-pyrrole nitrogens is 1. The molecule has 0 radical (unpaired) electrons. The number of nitrogens with one attached hydrogen (secondary N) is 1.